The minimum absolute atomic E-state index is 0.228. The van der Waals surface area contributed by atoms with E-state index in [9.17, 15) is 9.59 Å². The van der Waals surface area contributed by atoms with E-state index < -0.39 is 0 Å². The van der Waals surface area contributed by atoms with Crippen LogP contribution in [0.25, 0.3) is 0 Å². The van der Waals surface area contributed by atoms with E-state index in [1.54, 1.807) is 26.0 Å². The molecule has 0 aliphatic rings. The van der Waals surface area contributed by atoms with E-state index in [2.05, 4.69) is 15.9 Å². The van der Waals surface area contributed by atoms with E-state index in [-0.39, 0.29) is 17.5 Å². The SMILES string of the molecule is CC(C)C(=O)C(=O)c1ccc(Br)s1. The highest BCUT2D eigenvalue weighted by atomic mass is 79.9. The van der Waals surface area contributed by atoms with Crippen molar-refractivity contribution in [1.29, 1.82) is 0 Å². The van der Waals surface area contributed by atoms with Gasteiger partial charge in [0.05, 0.1) is 8.66 Å². The van der Waals surface area contributed by atoms with Gasteiger partial charge in [-0.25, -0.2) is 0 Å². The third kappa shape index (κ3) is 2.48. The molecule has 1 aromatic rings. The van der Waals surface area contributed by atoms with Gasteiger partial charge in [0.25, 0.3) is 0 Å². The zero-order valence-corrected chi connectivity index (χ0v) is 9.74. The summed E-state index contributed by atoms with van der Waals surface area (Å²) < 4.78 is 0.868. The molecule has 0 spiro atoms. The molecule has 0 fully saturated rings. The van der Waals surface area contributed by atoms with Crippen molar-refractivity contribution in [3.8, 4) is 0 Å². The summed E-state index contributed by atoms with van der Waals surface area (Å²) in [5.41, 5.74) is 0. The zero-order valence-electron chi connectivity index (χ0n) is 7.33. The van der Waals surface area contributed by atoms with Gasteiger partial charge in [0.2, 0.25) is 11.6 Å². The minimum atomic E-state index is -0.384. The van der Waals surface area contributed by atoms with Gasteiger partial charge in [-0.05, 0) is 28.1 Å². The van der Waals surface area contributed by atoms with Crippen LogP contribution in [0.1, 0.15) is 23.5 Å². The molecule has 0 amide bonds. The Hall–Kier alpha value is -0.480. The van der Waals surface area contributed by atoms with Crippen LogP contribution in [0.4, 0.5) is 0 Å². The second-order valence-corrected chi connectivity index (χ2v) is 5.41. The van der Waals surface area contributed by atoms with Crippen LogP contribution in [-0.2, 0) is 4.79 Å². The maximum Gasteiger partial charge on any atom is 0.238 e. The standard InChI is InChI=1S/C9H9BrO2S/c1-5(2)8(11)9(12)6-3-4-7(10)13-6/h3-5H,1-2H3. The van der Waals surface area contributed by atoms with Gasteiger partial charge in [-0.2, -0.15) is 0 Å². The number of carbonyl (C=O) groups excluding carboxylic acids is 2. The molecule has 0 atom stereocenters. The van der Waals surface area contributed by atoms with Gasteiger partial charge >= 0.3 is 0 Å². The fourth-order valence-electron chi connectivity index (χ4n) is 0.820. The van der Waals surface area contributed by atoms with Crippen molar-refractivity contribution in [2.24, 2.45) is 5.92 Å². The van der Waals surface area contributed by atoms with Gasteiger partial charge in [-0.1, -0.05) is 13.8 Å². The molecule has 0 N–H and O–H groups in total. The number of halogens is 1. The zero-order chi connectivity index (χ0) is 10.0. The highest BCUT2D eigenvalue weighted by molar-refractivity contribution is 9.11. The quantitative estimate of drug-likeness (QED) is 0.619. The number of carbonyl (C=O) groups is 2. The Balaban J connectivity index is 2.86. The first kappa shape index (κ1) is 10.6. The summed E-state index contributed by atoms with van der Waals surface area (Å²) >= 11 is 4.53. The van der Waals surface area contributed by atoms with Crippen LogP contribution < -0.4 is 0 Å². The van der Waals surface area contributed by atoms with Gasteiger partial charge in [0, 0.05) is 5.92 Å². The lowest BCUT2D eigenvalue weighted by atomic mass is 10.0. The summed E-state index contributed by atoms with van der Waals surface area (Å²) in [5.74, 6) is -0.937. The van der Waals surface area contributed by atoms with Gasteiger partial charge in [-0.15, -0.1) is 11.3 Å². The maximum absolute atomic E-state index is 11.4. The molecular weight excluding hydrogens is 252 g/mol. The Labute approximate surface area is 89.1 Å². The monoisotopic (exact) mass is 260 g/mol. The van der Waals surface area contributed by atoms with Crippen molar-refractivity contribution in [1.82, 2.24) is 0 Å². The van der Waals surface area contributed by atoms with Crippen LogP contribution in [0.5, 0.6) is 0 Å². The summed E-state index contributed by atoms with van der Waals surface area (Å²) in [6.07, 6.45) is 0. The lowest BCUT2D eigenvalue weighted by Gasteiger charge is -1.99. The Bertz CT molecular complexity index is 341. The van der Waals surface area contributed by atoms with Crippen LogP contribution in [0.15, 0.2) is 15.9 Å². The molecule has 0 saturated heterocycles. The van der Waals surface area contributed by atoms with Crippen molar-refractivity contribution in [2.75, 3.05) is 0 Å². The number of thiophene rings is 1. The molecule has 13 heavy (non-hydrogen) atoms. The van der Waals surface area contributed by atoms with E-state index >= 15 is 0 Å². The van der Waals surface area contributed by atoms with E-state index in [0.717, 1.165) is 3.79 Å². The molecule has 1 heterocycles. The van der Waals surface area contributed by atoms with Crippen LogP contribution in [0.3, 0.4) is 0 Å². The summed E-state index contributed by atoms with van der Waals surface area (Å²) in [5, 5.41) is 0. The Morgan fingerprint density at radius 1 is 1.38 bits per heavy atom. The maximum atomic E-state index is 11.4. The fraction of sp³-hybridized carbons (Fsp3) is 0.333. The largest absolute Gasteiger partial charge is 0.290 e. The highest BCUT2D eigenvalue weighted by Crippen LogP contribution is 2.23. The smallest absolute Gasteiger partial charge is 0.238 e. The molecule has 70 valence electrons. The predicted molar refractivity (Wildman–Crippen MR) is 56.2 cm³/mol. The first-order valence-electron chi connectivity index (χ1n) is 3.86. The molecule has 1 rings (SSSR count). The van der Waals surface area contributed by atoms with E-state index in [1.165, 1.54) is 11.3 Å². The van der Waals surface area contributed by atoms with Crippen molar-refractivity contribution < 1.29 is 9.59 Å². The van der Waals surface area contributed by atoms with Crippen LogP contribution >= 0.6 is 27.3 Å². The molecule has 2 nitrogen and oxygen atoms in total. The van der Waals surface area contributed by atoms with Gasteiger partial charge < -0.3 is 0 Å². The Morgan fingerprint density at radius 3 is 2.38 bits per heavy atom. The van der Waals surface area contributed by atoms with Crippen molar-refractivity contribution >= 4 is 38.8 Å². The van der Waals surface area contributed by atoms with E-state index in [1.807, 2.05) is 0 Å². The molecule has 1 aromatic heterocycles. The number of rotatable bonds is 3. The van der Waals surface area contributed by atoms with E-state index in [0.29, 0.717) is 4.88 Å². The first-order valence-corrected chi connectivity index (χ1v) is 5.47. The molecule has 0 radical (unpaired) electrons. The third-order valence-corrected chi connectivity index (χ3v) is 3.17. The molecule has 0 aromatic carbocycles. The molecule has 4 heteroatoms. The van der Waals surface area contributed by atoms with Gasteiger partial charge in [0.1, 0.15) is 0 Å². The highest BCUT2D eigenvalue weighted by Gasteiger charge is 2.20. The average molecular weight is 261 g/mol. The van der Waals surface area contributed by atoms with Gasteiger partial charge in [-0.3, -0.25) is 9.59 Å². The number of hydrogen-bond acceptors (Lipinski definition) is 3. The molecule has 0 bridgehead atoms. The van der Waals surface area contributed by atoms with Crippen LogP contribution in [-0.4, -0.2) is 11.6 Å². The van der Waals surface area contributed by atoms with Crippen LogP contribution in [0, 0.1) is 5.92 Å². The van der Waals surface area contributed by atoms with Crippen molar-refractivity contribution in [3.05, 3.63) is 20.8 Å². The Kier molecular flexibility index (Phi) is 3.39. The van der Waals surface area contributed by atoms with Crippen LogP contribution in [0.2, 0.25) is 0 Å². The number of hydrogen-bond donors (Lipinski definition) is 0. The third-order valence-electron chi connectivity index (χ3n) is 1.55. The summed E-state index contributed by atoms with van der Waals surface area (Å²) in [6, 6.07) is 3.43. The fourth-order valence-corrected chi connectivity index (χ4v) is 2.15. The summed E-state index contributed by atoms with van der Waals surface area (Å²) in [6.45, 7) is 3.45. The van der Waals surface area contributed by atoms with E-state index in [4.69, 9.17) is 0 Å². The average Bonchev–Trinajstić information content (AvgIpc) is 2.49. The molecule has 0 saturated carbocycles. The molecular formula is C9H9BrO2S. The summed E-state index contributed by atoms with van der Waals surface area (Å²) in [4.78, 5) is 23.2. The normalized spacial score (nSPS) is 10.5. The number of ketones is 2. The lowest BCUT2D eigenvalue weighted by molar-refractivity contribution is -0.117. The second-order valence-electron chi connectivity index (χ2n) is 2.95. The van der Waals surface area contributed by atoms with Crippen molar-refractivity contribution in [3.63, 3.8) is 0 Å². The topological polar surface area (TPSA) is 34.1 Å². The molecule has 0 aliphatic carbocycles. The van der Waals surface area contributed by atoms with Crippen molar-refractivity contribution in [2.45, 2.75) is 13.8 Å². The first-order chi connectivity index (χ1) is 6.02. The lowest BCUT2D eigenvalue weighted by Crippen LogP contribution is -2.18. The molecule has 0 unspecified atom stereocenters. The Morgan fingerprint density at radius 2 is 2.00 bits per heavy atom. The minimum Gasteiger partial charge on any atom is -0.290 e. The second kappa shape index (κ2) is 4.15. The van der Waals surface area contributed by atoms with Gasteiger partial charge in [0.15, 0.2) is 0 Å². The predicted octanol–water partition coefficient (Wildman–Crippen LogP) is 2.92. The summed E-state index contributed by atoms with van der Waals surface area (Å²) in [7, 11) is 0. The number of Topliss-reactive ketones (excluding diaryl/α,β-unsaturated/α-hetero) is 2. The molecule has 0 aliphatic heterocycles.